The second kappa shape index (κ2) is 10.5. The number of aryl methyl sites for hydroxylation is 1. The number of amides is 2. The van der Waals surface area contributed by atoms with E-state index in [2.05, 4.69) is 10.2 Å². The van der Waals surface area contributed by atoms with Gasteiger partial charge in [-0.1, -0.05) is 12.1 Å². The number of benzene rings is 2. The van der Waals surface area contributed by atoms with Gasteiger partial charge in [0.05, 0.1) is 25.3 Å². The van der Waals surface area contributed by atoms with Gasteiger partial charge in [-0.25, -0.2) is 4.79 Å². The van der Waals surface area contributed by atoms with Crippen LogP contribution < -0.4 is 4.90 Å². The SMILES string of the molecule is Cn1cnnc1C(c1cccc(N2Cc3c(cc(CN(C(=O)O)C4(C)CCC4)cc3C(F)(F)F)C2=O)c1)C1CC2(C1)OCCO2. The smallest absolute Gasteiger partial charge is 0.416 e. The molecule has 13 heteroatoms. The lowest BCUT2D eigenvalue weighted by atomic mass is 9.68. The predicted molar refractivity (Wildman–Crippen MR) is 154 cm³/mol. The molecule has 10 nitrogen and oxygen atoms in total. The fraction of sp³-hybridized carbons (Fsp3) is 0.500. The molecule has 45 heavy (non-hydrogen) atoms. The zero-order chi connectivity index (χ0) is 31.7. The number of nitrogens with zero attached hydrogens (tertiary/aromatic N) is 5. The van der Waals surface area contributed by atoms with Crippen LogP contribution in [0.2, 0.25) is 0 Å². The maximum absolute atomic E-state index is 14.4. The Morgan fingerprint density at radius 2 is 1.91 bits per heavy atom. The number of ether oxygens (including phenoxy) is 2. The molecule has 1 N–H and O–H groups in total. The Kier molecular flexibility index (Phi) is 6.97. The van der Waals surface area contributed by atoms with Gasteiger partial charge in [0.2, 0.25) is 0 Å². The number of aromatic nitrogens is 3. The second-order valence-corrected chi connectivity index (χ2v) is 12.9. The molecule has 3 heterocycles. The molecule has 238 valence electrons. The van der Waals surface area contributed by atoms with E-state index < -0.39 is 35.1 Å². The Morgan fingerprint density at radius 3 is 2.51 bits per heavy atom. The van der Waals surface area contributed by atoms with Crippen molar-refractivity contribution in [3.63, 3.8) is 0 Å². The summed E-state index contributed by atoms with van der Waals surface area (Å²) in [6.07, 6.45) is -0.861. The minimum atomic E-state index is -4.73. The Bertz CT molecular complexity index is 1650. The van der Waals surface area contributed by atoms with Gasteiger partial charge in [-0.2, -0.15) is 13.2 Å². The van der Waals surface area contributed by atoms with Crippen LogP contribution in [-0.2, 0) is 35.8 Å². The topological polar surface area (TPSA) is 110 Å². The van der Waals surface area contributed by atoms with Gasteiger partial charge in [-0.15, -0.1) is 10.2 Å². The van der Waals surface area contributed by atoms with Crippen LogP contribution in [0.4, 0.5) is 23.7 Å². The van der Waals surface area contributed by atoms with Crippen molar-refractivity contribution in [1.82, 2.24) is 19.7 Å². The molecule has 2 aromatic carbocycles. The van der Waals surface area contributed by atoms with Gasteiger partial charge in [0.1, 0.15) is 12.2 Å². The number of carbonyl (C=O) groups excluding carboxylic acids is 1. The number of fused-ring (bicyclic) bond motifs is 1. The van der Waals surface area contributed by atoms with Gasteiger partial charge in [-0.05, 0) is 73.1 Å². The molecule has 4 aliphatic rings. The van der Waals surface area contributed by atoms with E-state index in [0.29, 0.717) is 44.6 Å². The van der Waals surface area contributed by atoms with Crippen molar-refractivity contribution in [2.24, 2.45) is 13.0 Å². The largest absolute Gasteiger partial charge is 0.465 e. The number of hydrogen-bond acceptors (Lipinski definition) is 6. The predicted octanol–water partition coefficient (Wildman–Crippen LogP) is 5.70. The van der Waals surface area contributed by atoms with E-state index in [1.54, 1.807) is 25.4 Å². The minimum Gasteiger partial charge on any atom is -0.465 e. The second-order valence-electron chi connectivity index (χ2n) is 12.9. The quantitative estimate of drug-likeness (QED) is 0.359. The van der Waals surface area contributed by atoms with Crippen molar-refractivity contribution in [3.05, 3.63) is 76.4 Å². The molecule has 7 rings (SSSR count). The molecule has 3 fully saturated rings. The molecule has 1 atom stereocenters. The monoisotopic (exact) mass is 625 g/mol. The van der Waals surface area contributed by atoms with Crippen LogP contribution in [0.25, 0.3) is 0 Å². The number of carbonyl (C=O) groups is 2. The summed E-state index contributed by atoms with van der Waals surface area (Å²) < 4.78 is 56.8. The van der Waals surface area contributed by atoms with E-state index >= 15 is 0 Å². The summed E-state index contributed by atoms with van der Waals surface area (Å²) in [5, 5.41) is 18.3. The van der Waals surface area contributed by atoms with E-state index in [0.717, 1.165) is 23.9 Å². The number of carboxylic acid groups (broad SMARTS) is 1. The summed E-state index contributed by atoms with van der Waals surface area (Å²) in [4.78, 5) is 28.5. The number of anilines is 1. The fourth-order valence-corrected chi connectivity index (χ4v) is 7.45. The van der Waals surface area contributed by atoms with Gasteiger partial charge in [0.15, 0.2) is 5.79 Å². The standard InChI is InChI=1S/C32H34F3N5O5/c1-30(7-4-8-30)40(29(42)43)16-19-11-23-24(25(12-19)32(33,34)35)17-39(28(23)41)22-6-3-5-20(13-22)26(27-37-36-18-38(27)2)21-14-31(15-21)44-9-10-45-31/h3,5-6,11-13,18,21,26H,4,7-10,14-17H2,1-2H3,(H,42,43). The zero-order valence-corrected chi connectivity index (χ0v) is 25.0. The molecule has 0 bridgehead atoms. The van der Waals surface area contributed by atoms with Crippen LogP contribution in [0, 0.1) is 5.92 Å². The first-order valence-corrected chi connectivity index (χ1v) is 15.1. The zero-order valence-electron chi connectivity index (χ0n) is 25.0. The molecule has 2 saturated carbocycles. The van der Waals surface area contributed by atoms with Crippen LogP contribution in [0.3, 0.4) is 0 Å². The molecule has 1 saturated heterocycles. The van der Waals surface area contributed by atoms with Crippen LogP contribution in [0.15, 0.2) is 42.7 Å². The lowest BCUT2D eigenvalue weighted by Gasteiger charge is -2.46. The van der Waals surface area contributed by atoms with Gasteiger partial charge >= 0.3 is 12.3 Å². The Balaban J connectivity index is 1.21. The third-order valence-corrected chi connectivity index (χ3v) is 10.1. The van der Waals surface area contributed by atoms with E-state index in [9.17, 15) is 27.9 Å². The van der Waals surface area contributed by atoms with Crippen LogP contribution in [0.1, 0.15) is 83.4 Å². The van der Waals surface area contributed by atoms with Crippen LogP contribution in [-0.4, -0.2) is 61.3 Å². The highest BCUT2D eigenvalue weighted by molar-refractivity contribution is 6.10. The molecule has 2 aliphatic carbocycles. The summed E-state index contributed by atoms with van der Waals surface area (Å²) in [5.41, 5.74) is -0.275. The average molecular weight is 626 g/mol. The van der Waals surface area contributed by atoms with E-state index in [-0.39, 0.29) is 41.6 Å². The number of hydrogen-bond donors (Lipinski definition) is 1. The summed E-state index contributed by atoms with van der Waals surface area (Å²) in [5.74, 6) is -0.515. The molecule has 1 aromatic heterocycles. The maximum Gasteiger partial charge on any atom is 0.416 e. The van der Waals surface area contributed by atoms with Crippen molar-refractivity contribution in [2.75, 3.05) is 18.1 Å². The third-order valence-electron chi connectivity index (χ3n) is 10.1. The Labute approximate surface area is 257 Å². The van der Waals surface area contributed by atoms with Gasteiger partial charge in [0, 0.05) is 49.1 Å². The van der Waals surface area contributed by atoms with Crippen LogP contribution in [0.5, 0.6) is 0 Å². The van der Waals surface area contributed by atoms with Gasteiger partial charge in [0.25, 0.3) is 5.91 Å². The molecule has 0 radical (unpaired) electrons. The molecular formula is C32H34F3N5O5. The maximum atomic E-state index is 14.4. The average Bonchev–Trinajstić information content (AvgIpc) is 3.69. The molecule has 2 amide bonds. The van der Waals surface area contributed by atoms with Gasteiger partial charge < -0.3 is 24.0 Å². The van der Waals surface area contributed by atoms with E-state index in [1.807, 2.05) is 23.7 Å². The fourth-order valence-electron chi connectivity index (χ4n) is 7.45. The third kappa shape index (κ3) is 5.05. The minimum absolute atomic E-state index is 0.0596. The summed E-state index contributed by atoms with van der Waals surface area (Å²) in [7, 11) is 1.86. The van der Waals surface area contributed by atoms with Crippen molar-refractivity contribution in [2.45, 2.75) is 75.5 Å². The highest BCUT2D eigenvalue weighted by atomic mass is 19.4. The lowest BCUT2D eigenvalue weighted by Crippen LogP contribution is -2.53. The summed E-state index contributed by atoms with van der Waals surface area (Å²) in [6.45, 7) is 2.40. The number of rotatable bonds is 7. The summed E-state index contributed by atoms with van der Waals surface area (Å²) in [6, 6.07) is 9.69. The van der Waals surface area contributed by atoms with Gasteiger partial charge in [-0.3, -0.25) is 9.69 Å². The lowest BCUT2D eigenvalue weighted by molar-refractivity contribution is -0.232. The van der Waals surface area contributed by atoms with Crippen molar-refractivity contribution in [3.8, 4) is 0 Å². The van der Waals surface area contributed by atoms with E-state index in [1.165, 1.54) is 15.9 Å². The number of halogens is 3. The first-order chi connectivity index (χ1) is 21.4. The van der Waals surface area contributed by atoms with Crippen molar-refractivity contribution >= 4 is 17.7 Å². The first kappa shape index (κ1) is 29.7. The van der Waals surface area contributed by atoms with Crippen molar-refractivity contribution < 1.29 is 37.3 Å². The summed E-state index contributed by atoms with van der Waals surface area (Å²) >= 11 is 0. The first-order valence-electron chi connectivity index (χ1n) is 15.1. The highest BCUT2D eigenvalue weighted by Gasteiger charge is 2.53. The number of alkyl halides is 3. The van der Waals surface area contributed by atoms with Crippen molar-refractivity contribution in [1.29, 1.82) is 0 Å². The van der Waals surface area contributed by atoms with E-state index in [4.69, 9.17) is 9.47 Å². The molecule has 1 unspecified atom stereocenters. The molecule has 2 aliphatic heterocycles. The normalized spacial score (nSPS) is 21.0. The highest BCUT2D eigenvalue weighted by Crippen LogP contribution is 2.52. The molecule has 3 aromatic rings. The Morgan fingerprint density at radius 1 is 1.18 bits per heavy atom. The Hall–Kier alpha value is -3.97. The molecular weight excluding hydrogens is 591 g/mol. The molecule has 1 spiro atoms. The van der Waals surface area contributed by atoms with Crippen LogP contribution >= 0.6 is 0 Å².